The second-order valence-electron chi connectivity index (χ2n) is 5.94. The lowest BCUT2D eigenvalue weighted by molar-refractivity contribution is 0.167. The predicted octanol–water partition coefficient (Wildman–Crippen LogP) is 3.65. The van der Waals surface area contributed by atoms with Gasteiger partial charge in [0.25, 0.3) is 0 Å². The van der Waals surface area contributed by atoms with Crippen LogP contribution in [0.1, 0.15) is 57.6 Å². The van der Waals surface area contributed by atoms with E-state index in [2.05, 4.69) is 19.2 Å². The van der Waals surface area contributed by atoms with E-state index in [0.29, 0.717) is 12.3 Å². The first-order valence-electron chi connectivity index (χ1n) is 8.43. The molecule has 0 heterocycles. The monoisotopic (exact) mass is 325 g/mol. The van der Waals surface area contributed by atoms with Crippen molar-refractivity contribution in [2.75, 3.05) is 19.3 Å². The fourth-order valence-electron chi connectivity index (χ4n) is 2.75. The highest BCUT2D eigenvalue weighted by atomic mass is 32.2. The SMILES string of the molecule is CCCC(CCC)CS(=O)c1cccc(C(O)CCNC)c1. The molecule has 0 spiro atoms. The van der Waals surface area contributed by atoms with E-state index in [1.807, 2.05) is 31.3 Å². The quantitative estimate of drug-likeness (QED) is 0.653. The normalized spacial score (nSPS) is 14.2. The smallest absolute Gasteiger partial charge is 0.0802 e. The molecule has 2 unspecified atom stereocenters. The minimum atomic E-state index is -0.976. The first-order valence-corrected chi connectivity index (χ1v) is 9.75. The molecular weight excluding hydrogens is 294 g/mol. The van der Waals surface area contributed by atoms with Gasteiger partial charge < -0.3 is 10.4 Å². The average molecular weight is 326 g/mol. The zero-order chi connectivity index (χ0) is 16.4. The third kappa shape index (κ3) is 6.59. The summed E-state index contributed by atoms with van der Waals surface area (Å²) in [7, 11) is 0.899. The second kappa shape index (κ2) is 10.9. The third-order valence-electron chi connectivity index (χ3n) is 3.95. The number of hydrogen-bond acceptors (Lipinski definition) is 3. The predicted molar refractivity (Wildman–Crippen MR) is 94.5 cm³/mol. The highest BCUT2D eigenvalue weighted by Gasteiger charge is 2.14. The van der Waals surface area contributed by atoms with Crippen molar-refractivity contribution in [3.8, 4) is 0 Å². The third-order valence-corrected chi connectivity index (χ3v) is 5.51. The van der Waals surface area contributed by atoms with Crippen molar-refractivity contribution >= 4 is 10.8 Å². The first kappa shape index (κ1) is 19.3. The summed E-state index contributed by atoms with van der Waals surface area (Å²) in [5.41, 5.74) is 0.864. The minimum absolute atomic E-state index is 0.494. The molecule has 1 aromatic rings. The number of aliphatic hydroxyl groups excluding tert-OH is 1. The lowest BCUT2D eigenvalue weighted by atomic mass is 10.0. The number of aliphatic hydroxyl groups is 1. The van der Waals surface area contributed by atoms with E-state index in [0.717, 1.165) is 48.4 Å². The van der Waals surface area contributed by atoms with Crippen LogP contribution in [-0.4, -0.2) is 28.7 Å². The molecule has 1 aromatic carbocycles. The maximum atomic E-state index is 12.6. The number of nitrogens with one attached hydrogen (secondary N) is 1. The zero-order valence-corrected chi connectivity index (χ0v) is 15.0. The molecule has 0 aromatic heterocycles. The molecule has 0 amide bonds. The molecule has 0 aliphatic carbocycles. The van der Waals surface area contributed by atoms with Crippen LogP contribution in [0, 0.1) is 5.92 Å². The van der Waals surface area contributed by atoms with Crippen LogP contribution >= 0.6 is 0 Å². The molecule has 22 heavy (non-hydrogen) atoms. The van der Waals surface area contributed by atoms with Crippen molar-refractivity contribution in [2.45, 2.75) is 57.0 Å². The van der Waals surface area contributed by atoms with Gasteiger partial charge in [0.1, 0.15) is 0 Å². The van der Waals surface area contributed by atoms with E-state index < -0.39 is 16.9 Å². The summed E-state index contributed by atoms with van der Waals surface area (Å²) >= 11 is 0. The Hall–Kier alpha value is -0.710. The minimum Gasteiger partial charge on any atom is -0.388 e. The Morgan fingerprint density at radius 3 is 2.45 bits per heavy atom. The fraction of sp³-hybridized carbons (Fsp3) is 0.667. The Balaban J connectivity index is 2.72. The zero-order valence-electron chi connectivity index (χ0n) is 14.2. The highest BCUT2D eigenvalue weighted by molar-refractivity contribution is 7.85. The molecule has 0 aliphatic rings. The van der Waals surface area contributed by atoms with Crippen LogP contribution in [0.2, 0.25) is 0 Å². The fourth-order valence-corrected chi connectivity index (χ4v) is 4.20. The van der Waals surface area contributed by atoms with Crippen LogP contribution in [0.25, 0.3) is 0 Å². The van der Waals surface area contributed by atoms with Gasteiger partial charge in [-0.2, -0.15) is 0 Å². The molecule has 0 saturated carbocycles. The van der Waals surface area contributed by atoms with Crippen LogP contribution < -0.4 is 5.32 Å². The molecule has 0 aliphatic heterocycles. The van der Waals surface area contributed by atoms with E-state index in [9.17, 15) is 9.32 Å². The van der Waals surface area contributed by atoms with Gasteiger partial charge in [-0.25, -0.2) is 0 Å². The van der Waals surface area contributed by atoms with Gasteiger partial charge in [-0.1, -0.05) is 38.8 Å². The molecule has 0 fully saturated rings. The summed E-state index contributed by atoms with van der Waals surface area (Å²) < 4.78 is 12.6. The number of rotatable bonds is 11. The van der Waals surface area contributed by atoms with Gasteiger partial charge in [0.15, 0.2) is 0 Å². The summed E-state index contributed by atoms with van der Waals surface area (Å²) in [6.07, 6.45) is 4.75. The van der Waals surface area contributed by atoms with Crippen molar-refractivity contribution in [3.05, 3.63) is 29.8 Å². The van der Waals surface area contributed by atoms with Crippen molar-refractivity contribution in [1.82, 2.24) is 5.32 Å². The van der Waals surface area contributed by atoms with Gasteiger partial charge in [0.2, 0.25) is 0 Å². The molecule has 0 radical (unpaired) electrons. The molecule has 1 rings (SSSR count). The van der Waals surface area contributed by atoms with Crippen molar-refractivity contribution in [1.29, 1.82) is 0 Å². The first-order chi connectivity index (χ1) is 10.6. The summed E-state index contributed by atoms with van der Waals surface area (Å²) in [6.45, 7) is 5.14. The second-order valence-corrected chi connectivity index (χ2v) is 7.43. The number of hydrogen-bond donors (Lipinski definition) is 2. The maximum Gasteiger partial charge on any atom is 0.0802 e. The van der Waals surface area contributed by atoms with Crippen LogP contribution in [0.4, 0.5) is 0 Å². The lowest BCUT2D eigenvalue weighted by Gasteiger charge is -2.16. The van der Waals surface area contributed by atoms with Gasteiger partial charge >= 0.3 is 0 Å². The number of benzene rings is 1. The molecule has 0 saturated heterocycles. The van der Waals surface area contributed by atoms with Crippen LogP contribution in [-0.2, 0) is 10.8 Å². The molecule has 3 nitrogen and oxygen atoms in total. The maximum absolute atomic E-state index is 12.6. The van der Waals surface area contributed by atoms with Gasteiger partial charge in [-0.3, -0.25) is 4.21 Å². The van der Waals surface area contributed by atoms with E-state index in [1.54, 1.807) is 0 Å². The summed E-state index contributed by atoms with van der Waals surface area (Å²) in [5, 5.41) is 13.2. The molecule has 4 heteroatoms. The lowest BCUT2D eigenvalue weighted by Crippen LogP contribution is -2.13. The van der Waals surface area contributed by atoms with Crippen molar-refractivity contribution in [3.63, 3.8) is 0 Å². The van der Waals surface area contributed by atoms with Crippen molar-refractivity contribution < 1.29 is 9.32 Å². The molecular formula is C18H31NO2S. The Bertz CT molecular complexity index is 444. The highest BCUT2D eigenvalue weighted by Crippen LogP contribution is 2.22. The van der Waals surface area contributed by atoms with Gasteiger partial charge in [-0.05, 0) is 56.5 Å². The Labute approximate surface area is 138 Å². The summed E-state index contributed by atoms with van der Waals surface area (Å²) in [4.78, 5) is 0.846. The van der Waals surface area contributed by atoms with Crippen LogP contribution in [0.15, 0.2) is 29.2 Å². The molecule has 126 valence electrons. The van der Waals surface area contributed by atoms with Crippen LogP contribution in [0.5, 0.6) is 0 Å². The van der Waals surface area contributed by atoms with Crippen LogP contribution in [0.3, 0.4) is 0 Å². The molecule has 2 N–H and O–H groups in total. The largest absolute Gasteiger partial charge is 0.388 e. The van der Waals surface area contributed by atoms with E-state index in [1.165, 1.54) is 0 Å². The summed E-state index contributed by atoms with van der Waals surface area (Å²) in [6, 6.07) is 7.64. The Kier molecular flexibility index (Phi) is 9.60. The summed E-state index contributed by atoms with van der Waals surface area (Å²) in [5.74, 6) is 1.27. The van der Waals surface area contributed by atoms with Gasteiger partial charge in [-0.15, -0.1) is 0 Å². The van der Waals surface area contributed by atoms with E-state index >= 15 is 0 Å². The molecule has 2 atom stereocenters. The Morgan fingerprint density at radius 1 is 1.18 bits per heavy atom. The van der Waals surface area contributed by atoms with Crippen molar-refractivity contribution in [2.24, 2.45) is 5.92 Å². The van der Waals surface area contributed by atoms with Gasteiger partial charge in [0.05, 0.1) is 16.9 Å². The average Bonchev–Trinajstić information content (AvgIpc) is 2.53. The molecule has 0 bridgehead atoms. The standard InChI is InChI=1S/C18H31NO2S/c1-4-7-15(8-5-2)14-22(21)17-10-6-9-16(13-17)18(20)11-12-19-3/h6,9-10,13,15,18-20H,4-5,7-8,11-12,14H2,1-3H3. The van der Waals surface area contributed by atoms with E-state index in [4.69, 9.17) is 0 Å². The Morgan fingerprint density at radius 2 is 1.86 bits per heavy atom. The topological polar surface area (TPSA) is 49.3 Å². The van der Waals surface area contributed by atoms with Gasteiger partial charge in [0, 0.05) is 10.6 Å². The van der Waals surface area contributed by atoms with E-state index in [-0.39, 0.29) is 0 Å².